The molecule has 4 nitrogen and oxygen atoms in total. The molecule has 0 bridgehead atoms. The van der Waals surface area contributed by atoms with Gasteiger partial charge in [0.15, 0.2) is 0 Å². The number of nitrogens with two attached hydrogens (primary N) is 1. The van der Waals surface area contributed by atoms with Crippen LogP contribution in [0.5, 0.6) is 0 Å². The van der Waals surface area contributed by atoms with Crippen LogP contribution in [0.3, 0.4) is 0 Å². The molecule has 1 aromatic carbocycles. The van der Waals surface area contributed by atoms with Crippen LogP contribution in [0, 0.1) is 12.8 Å². The average Bonchev–Trinajstić information content (AvgIpc) is 2.26. The molecule has 1 aliphatic heterocycles. The number of rotatable bonds is 4. The number of nitrogens with one attached hydrogen (secondary N) is 1. The second-order valence-corrected chi connectivity index (χ2v) is 4.71. The Balaban J connectivity index is 1.76. The van der Waals surface area contributed by atoms with Gasteiger partial charge in [-0.2, -0.15) is 0 Å². The van der Waals surface area contributed by atoms with E-state index in [1.807, 2.05) is 31.2 Å². The highest BCUT2D eigenvalue weighted by molar-refractivity contribution is 5.92. The predicted octanol–water partition coefficient (Wildman–Crippen LogP) is 0.824. The van der Waals surface area contributed by atoms with Crippen molar-refractivity contribution >= 4 is 11.6 Å². The van der Waals surface area contributed by atoms with Crippen molar-refractivity contribution in [1.82, 2.24) is 4.90 Å². The fourth-order valence-corrected chi connectivity index (χ4v) is 2.00. The molecule has 0 spiro atoms. The average molecular weight is 233 g/mol. The number of nitrogens with zero attached hydrogens (tertiary/aromatic N) is 1. The zero-order valence-corrected chi connectivity index (χ0v) is 10.1. The van der Waals surface area contributed by atoms with Gasteiger partial charge in [0.2, 0.25) is 5.91 Å². The maximum absolute atomic E-state index is 11.7. The van der Waals surface area contributed by atoms with Crippen molar-refractivity contribution in [3.8, 4) is 0 Å². The number of carbonyl (C=O) groups excluding carboxylic acids is 1. The first-order valence-electron chi connectivity index (χ1n) is 5.96. The molecule has 0 unspecified atom stereocenters. The smallest absolute Gasteiger partial charge is 0.238 e. The summed E-state index contributed by atoms with van der Waals surface area (Å²) >= 11 is 0. The van der Waals surface area contributed by atoms with Gasteiger partial charge in [-0.05, 0) is 31.5 Å². The summed E-state index contributed by atoms with van der Waals surface area (Å²) < 4.78 is 0. The first-order chi connectivity index (χ1) is 8.17. The molecule has 1 aromatic rings. The van der Waals surface area contributed by atoms with Gasteiger partial charge < -0.3 is 11.1 Å². The molecule has 1 amide bonds. The molecule has 0 aliphatic carbocycles. The lowest BCUT2D eigenvalue weighted by Gasteiger charge is -2.37. The molecule has 0 saturated carbocycles. The lowest BCUT2D eigenvalue weighted by molar-refractivity contribution is -0.118. The molecular formula is C13H19N3O. The highest BCUT2D eigenvalue weighted by atomic mass is 16.2. The molecule has 0 radical (unpaired) electrons. The SMILES string of the molecule is Cc1ccc(NC(=O)CN2CC(CN)C2)cc1. The van der Waals surface area contributed by atoms with E-state index in [-0.39, 0.29) is 5.91 Å². The molecule has 3 N–H and O–H groups in total. The maximum Gasteiger partial charge on any atom is 0.238 e. The number of likely N-dealkylation sites (tertiary alicyclic amines) is 1. The summed E-state index contributed by atoms with van der Waals surface area (Å²) in [5, 5.41) is 2.89. The molecule has 0 atom stereocenters. The van der Waals surface area contributed by atoms with Crippen LogP contribution in [-0.4, -0.2) is 37.0 Å². The minimum absolute atomic E-state index is 0.0457. The second-order valence-electron chi connectivity index (χ2n) is 4.71. The number of carbonyl (C=O) groups is 1. The second kappa shape index (κ2) is 5.29. The molecule has 1 aliphatic rings. The number of hydrogen-bond acceptors (Lipinski definition) is 3. The van der Waals surface area contributed by atoms with Crippen LogP contribution in [-0.2, 0) is 4.79 Å². The Kier molecular flexibility index (Phi) is 3.76. The van der Waals surface area contributed by atoms with E-state index >= 15 is 0 Å². The van der Waals surface area contributed by atoms with E-state index in [4.69, 9.17) is 5.73 Å². The number of hydrogen-bond donors (Lipinski definition) is 2. The van der Waals surface area contributed by atoms with Crippen molar-refractivity contribution in [3.05, 3.63) is 29.8 Å². The highest BCUT2D eigenvalue weighted by Crippen LogP contribution is 2.14. The highest BCUT2D eigenvalue weighted by Gasteiger charge is 2.26. The Bertz CT molecular complexity index is 382. The number of benzene rings is 1. The fraction of sp³-hybridized carbons (Fsp3) is 0.462. The molecule has 0 aromatic heterocycles. The molecule has 1 heterocycles. The standard InChI is InChI=1S/C13H19N3O/c1-10-2-4-12(5-3-10)15-13(17)9-16-7-11(6-14)8-16/h2-5,11H,6-9,14H2,1H3,(H,15,17). The first-order valence-corrected chi connectivity index (χ1v) is 5.96. The quantitative estimate of drug-likeness (QED) is 0.809. The number of amides is 1. The normalized spacial score (nSPS) is 16.6. The number of anilines is 1. The number of aryl methyl sites for hydroxylation is 1. The van der Waals surface area contributed by atoms with Crippen LogP contribution in [0.4, 0.5) is 5.69 Å². The van der Waals surface area contributed by atoms with Gasteiger partial charge >= 0.3 is 0 Å². The lowest BCUT2D eigenvalue weighted by atomic mass is 10.0. The summed E-state index contributed by atoms with van der Waals surface area (Å²) in [7, 11) is 0. The van der Waals surface area contributed by atoms with E-state index < -0.39 is 0 Å². The predicted molar refractivity (Wildman–Crippen MR) is 68.8 cm³/mol. The molecule has 1 fully saturated rings. The molecule has 4 heteroatoms. The van der Waals surface area contributed by atoms with Crippen molar-refractivity contribution in [1.29, 1.82) is 0 Å². The maximum atomic E-state index is 11.7. The summed E-state index contributed by atoms with van der Waals surface area (Å²) in [4.78, 5) is 13.8. The fourth-order valence-electron chi connectivity index (χ4n) is 2.00. The van der Waals surface area contributed by atoms with E-state index in [1.54, 1.807) is 0 Å². The monoisotopic (exact) mass is 233 g/mol. The summed E-state index contributed by atoms with van der Waals surface area (Å²) in [6.45, 7) is 5.09. The van der Waals surface area contributed by atoms with Gasteiger partial charge in [-0.3, -0.25) is 9.69 Å². The summed E-state index contributed by atoms with van der Waals surface area (Å²) in [5.74, 6) is 0.617. The summed E-state index contributed by atoms with van der Waals surface area (Å²) in [6, 6.07) is 7.82. The van der Waals surface area contributed by atoms with Gasteiger partial charge in [-0.15, -0.1) is 0 Å². The van der Waals surface area contributed by atoms with E-state index in [9.17, 15) is 4.79 Å². The van der Waals surface area contributed by atoms with Crippen LogP contribution in [0.25, 0.3) is 0 Å². The Labute approximate surface area is 102 Å². The van der Waals surface area contributed by atoms with Crippen LogP contribution in [0.1, 0.15) is 5.56 Å². The Hall–Kier alpha value is -1.39. The van der Waals surface area contributed by atoms with Gasteiger partial charge in [0.05, 0.1) is 6.54 Å². The summed E-state index contributed by atoms with van der Waals surface area (Å²) in [6.07, 6.45) is 0. The third-order valence-electron chi connectivity index (χ3n) is 3.07. The Morgan fingerprint density at radius 3 is 2.65 bits per heavy atom. The van der Waals surface area contributed by atoms with Crippen molar-refractivity contribution < 1.29 is 4.79 Å². The topological polar surface area (TPSA) is 58.4 Å². The Morgan fingerprint density at radius 2 is 2.06 bits per heavy atom. The third-order valence-corrected chi connectivity index (χ3v) is 3.07. The van der Waals surface area contributed by atoms with E-state index in [2.05, 4.69) is 10.2 Å². The first kappa shape index (κ1) is 12.1. The minimum Gasteiger partial charge on any atom is -0.330 e. The van der Waals surface area contributed by atoms with Crippen molar-refractivity contribution in [2.75, 3.05) is 31.5 Å². The van der Waals surface area contributed by atoms with Gasteiger partial charge in [-0.25, -0.2) is 0 Å². The molecule has 1 saturated heterocycles. The van der Waals surface area contributed by atoms with Gasteiger partial charge in [0.25, 0.3) is 0 Å². The van der Waals surface area contributed by atoms with Crippen LogP contribution < -0.4 is 11.1 Å². The van der Waals surface area contributed by atoms with E-state index in [0.717, 1.165) is 25.3 Å². The zero-order chi connectivity index (χ0) is 12.3. The van der Waals surface area contributed by atoms with Crippen molar-refractivity contribution in [2.24, 2.45) is 11.7 Å². The molecular weight excluding hydrogens is 214 g/mol. The van der Waals surface area contributed by atoms with Crippen LogP contribution in [0.15, 0.2) is 24.3 Å². The van der Waals surface area contributed by atoms with Gasteiger partial charge in [-0.1, -0.05) is 17.7 Å². The van der Waals surface area contributed by atoms with Crippen molar-refractivity contribution in [2.45, 2.75) is 6.92 Å². The van der Waals surface area contributed by atoms with Crippen LogP contribution in [0.2, 0.25) is 0 Å². The van der Waals surface area contributed by atoms with E-state index in [0.29, 0.717) is 12.5 Å². The molecule has 92 valence electrons. The largest absolute Gasteiger partial charge is 0.330 e. The minimum atomic E-state index is 0.0457. The Morgan fingerprint density at radius 1 is 1.41 bits per heavy atom. The van der Waals surface area contributed by atoms with E-state index in [1.165, 1.54) is 5.56 Å². The molecule has 17 heavy (non-hydrogen) atoms. The van der Waals surface area contributed by atoms with Gasteiger partial charge in [0, 0.05) is 18.8 Å². The third kappa shape index (κ3) is 3.28. The summed E-state index contributed by atoms with van der Waals surface area (Å²) in [5.41, 5.74) is 7.59. The molecule has 2 rings (SSSR count). The zero-order valence-electron chi connectivity index (χ0n) is 10.1. The van der Waals surface area contributed by atoms with Crippen molar-refractivity contribution in [3.63, 3.8) is 0 Å². The van der Waals surface area contributed by atoms with Crippen LogP contribution >= 0.6 is 0 Å². The lowest BCUT2D eigenvalue weighted by Crippen LogP contribution is -2.52. The van der Waals surface area contributed by atoms with Gasteiger partial charge in [0.1, 0.15) is 0 Å².